The zero-order valence-electron chi connectivity index (χ0n) is 26.9. The summed E-state index contributed by atoms with van der Waals surface area (Å²) in [6.45, 7) is 6.42. The Morgan fingerprint density at radius 1 is 1.02 bits per heavy atom. The number of aliphatic hydroxyl groups is 2. The van der Waals surface area contributed by atoms with Gasteiger partial charge in [-0.1, -0.05) is 75.7 Å². The largest absolute Gasteiger partial charge is 0.388 e. The van der Waals surface area contributed by atoms with Crippen molar-refractivity contribution in [2.75, 3.05) is 6.61 Å². The van der Waals surface area contributed by atoms with Crippen molar-refractivity contribution in [3.8, 4) is 11.1 Å². The van der Waals surface area contributed by atoms with Crippen LogP contribution in [-0.4, -0.2) is 59.9 Å². The third-order valence-corrected chi connectivity index (χ3v) is 9.55. The maximum Gasteiger partial charge on any atom is 0.280 e. The van der Waals surface area contributed by atoms with E-state index in [9.17, 15) is 15.0 Å². The van der Waals surface area contributed by atoms with Crippen LogP contribution in [0.2, 0.25) is 0 Å². The van der Waals surface area contributed by atoms with Gasteiger partial charge in [0.1, 0.15) is 6.33 Å². The molecule has 2 aromatic carbocycles. The Bertz CT molecular complexity index is 1730. The van der Waals surface area contributed by atoms with E-state index < -0.39 is 12.0 Å². The first-order valence-electron chi connectivity index (χ1n) is 16.5. The highest BCUT2D eigenvalue weighted by Crippen LogP contribution is 2.32. The van der Waals surface area contributed by atoms with E-state index in [4.69, 9.17) is 9.57 Å². The number of hydroxylamine groups is 1. The van der Waals surface area contributed by atoms with Crippen molar-refractivity contribution in [1.82, 2.24) is 24.6 Å². The summed E-state index contributed by atoms with van der Waals surface area (Å²) in [6.07, 6.45) is 7.02. The maximum atomic E-state index is 14.4. The van der Waals surface area contributed by atoms with Crippen LogP contribution in [-0.2, 0) is 22.4 Å². The maximum absolute atomic E-state index is 14.4. The number of hydrogen-bond acceptors (Lipinski definition) is 9. The summed E-state index contributed by atoms with van der Waals surface area (Å²) in [4.78, 5) is 28.0. The molecular formula is C35H44N6O5. The minimum atomic E-state index is -1.23. The first kappa shape index (κ1) is 32.1. The molecule has 1 aliphatic heterocycles. The Labute approximate surface area is 268 Å². The number of ether oxygens (including phenoxy) is 1. The summed E-state index contributed by atoms with van der Waals surface area (Å²) in [5, 5.41) is 24.9. The standard InChI is InChI=1S/C35H44N6O5/c1-4-9-30-29(20-23-12-14-24(15-13-23)27-10-7-8-11-28(27)31-38-34(43)46-39-31)32(42)40(33-36-22-37-41(30)33)25-16-18-26(19-17-25)45-21-35(44,5-2)6-3/h7-8,10-15,22,25-26,34,43-44H,4-6,9,16-21H2,1-3H3,(H,38,39). The van der Waals surface area contributed by atoms with Gasteiger partial charge in [-0.25, -0.2) is 19.8 Å². The average Bonchev–Trinajstić information content (AvgIpc) is 3.75. The van der Waals surface area contributed by atoms with Gasteiger partial charge in [-0.2, -0.15) is 10.1 Å². The predicted octanol–water partition coefficient (Wildman–Crippen LogP) is 4.71. The first-order valence-corrected chi connectivity index (χ1v) is 16.5. The molecule has 46 heavy (non-hydrogen) atoms. The number of nitrogens with one attached hydrogen (secondary N) is 1. The Morgan fingerprint density at radius 2 is 1.74 bits per heavy atom. The molecule has 11 nitrogen and oxygen atoms in total. The Balaban J connectivity index is 1.26. The monoisotopic (exact) mass is 628 g/mol. The Hall–Kier alpha value is -3.90. The van der Waals surface area contributed by atoms with Gasteiger partial charge in [0.15, 0.2) is 5.84 Å². The molecule has 0 saturated heterocycles. The molecule has 1 fully saturated rings. The Morgan fingerprint density at radius 3 is 2.39 bits per heavy atom. The number of nitrogens with zero attached hydrogens (tertiary/aromatic N) is 5. The van der Waals surface area contributed by atoms with Crippen molar-refractivity contribution in [1.29, 1.82) is 0 Å². The minimum absolute atomic E-state index is 0.00167. The zero-order valence-corrected chi connectivity index (χ0v) is 26.9. The molecule has 3 N–H and O–H groups in total. The van der Waals surface area contributed by atoms with E-state index in [1.54, 1.807) is 6.33 Å². The molecule has 0 radical (unpaired) electrons. The molecule has 6 rings (SSSR count). The van der Waals surface area contributed by atoms with Gasteiger partial charge in [-0.3, -0.25) is 9.36 Å². The van der Waals surface area contributed by atoms with Crippen molar-refractivity contribution in [2.45, 2.75) is 103 Å². The number of aryl methyl sites for hydroxylation is 1. The van der Waals surface area contributed by atoms with Crippen LogP contribution in [0.5, 0.6) is 0 Å². The van der Waals surface area contributed by atoms with E-state index in [0.29, 0.717) is 37.5 Å². The van der Waals surface area contributed by atoms with Gasteiger partial charge >= 0.3 is 0 Å². The van der Waals surface area contributed by atoms with Gasteiger partial charge in [0, 0.05) is 23.6 Å². The molecule has 1 aliphatic carbocycles. The minimum Gasteiger partial charge on any atom is -0.388 e. The summed E-state index contributed by atoms with van der Waals surface area (Å²) < 4.78 is 9.88. The second-order valence-corrected chi connectivity index (χ2v) is 12.4. The van der Waals surface area contributed by atoms with E-state index >= 15 is 0 Å². The van der Waals surface area contributed by atoms with Crippen LogP contribution in [0.25, 0.3) is 16.9 Å². The summed E-state index contributed by atoms with van der Waals surface area (Å²) in [5.74, 6) is 1.07. The van der Waals surface area contributed by atoms with Crippen molar-refractivity contribution in [3.63, 3.8) is 0 Å². The third-order valence-electron chi connectivity index (χ3n) is 9.55. The lowest BCUT2D eigenvalue weighted by Crippen LogP contribution is -2.37. The molecule has 4 aromatic rings. The summed E-state index contributed by atoms with van der Waals surface area (Å²) in [6, 6.07) is 16.0. The second kappa shape index (κ2) is 13.8. The topological polar surface area (TPSA) is 136 Å². The number of aromatic nitrogens is 4. The van der Waals surface area contributed by atoms with Gasteiger partial charge in [0.25, 0.3) is 12.0 Å². The molecule has 0 bridgehead atoms. The van der Waals surface area contributed by atoms with E-state index in [-0.39, 0.29) is 17.7 Å². The summed E-state index contributed by atoms with van der Waals surface area (Å²) in [5.41, 5.74) is 7.34. The highest BCUT2D eigenvalue weighted by molar-refractivity contribution is 6.04. The van der Waals surface area contributed by atoms with E-state index in [1.165, 1.54) is 0 Å². The molecule has 2 aromatic heterocycles. The lowest BCUT2D eigenvalue weighted by atomic mass is 9.91. The van der Waals surface area contributed by atoms with Crippen LogP contribution in [0.4, 0.5) is 0 Å². The predicted molar refractivity (Wildman–Crippen MR) is 175 cm³/mol. The third kappa shape index (κ3) is 6.50. The van der Waals surface area contributed by atoms with Crippen LogP contribution in [0.3, 0.4) is 0 Å². The molecule has 11 heteroatoms. The molecule has 1 unspecified atom stereocenters. The van der Waals surface area contributed by atoms with Gasteiger partial charge in [-0.05, 0) is 61.6 Å². The summed E-state index contributed by atoms with van der Waals surface area (Å²) >= 11 is 0. The number of aliphatic imine (C=N–C) groups is 1. The molecule has 1 atom stereocenters. The number of rotatable bonds is 12. The molecule has 2 aliphatic rings. The number of benzene rings is 2. The van der Waals surface area contributed by atoms with Gasteiger partial charge in [0.2, 0.25) is 5.78 Å². The van der Waals surface area contributed by atoms with Crippen molar-refractivity contribution in [2.24, 2.45) is 4.99 Å². The van der Waals surface area contributed by atoms with Crippen LogP contribution in [0, 0.1) is 0 Å². The SMILES string of the molecule is CCCc1c(Cc2ccc(-c3ccccc3C3=NC(O)ON3)cc2)c(=O)n(C2CCC(OCC(O)(CC)CC)CC2)c2ncnn12. The number of fused-ring (bicyclic) bond motifs is 1. The van der Waals surface area contributed by atoms with Gasteiger partial charge in [-0.15, -0.1) is 0 Å². The quantitative estimate of drug-likeness (QED) is 0.205. The van der Waals surface area contributed by atoms with Crippen molar-refractivity contribution >= 4 is 11.6 Å². The van der Waals surface area contributed by atoms with E-state index in [0.717, 1.165) is 72.0 Å². The smallest absolute Gasteiger partial charge is 0.280 e. The van der Waals surface area contributed by atoms with Gasteiger partial charge < -0.3 is 14.9 Å². The highest BCUT2D eigenvalue weighted by Gasteiger charge is 2.30. The Kier molecular flexibility index (Phi) is 9.65. The second-order valence-electron chi connectivity index (χ2n) is 12.4. The molecule has 0 spiro atoms. The van der Waals surface area contributed by atoms with E-state index in [1.807, 2.05) is 59.3 Å². The number of amidine groups is 1. The van der Waals surface area contributed by atoms with Crippen LogP contribution in [0.15, 0.2) is 64.6 Å². The summed E-state index contributed by atoms with van der Waals surface area (Å²) in [7, 11) is 0. The average molecular weight is 629 g/mol. The normalized spacial score (nSPS) is 20.2. The fourth-order valence-electron chi connectivity index (χ4n) is 6.62. The molecular weight excluding hydrogens is 584 g/mol. The highest BCUT2D eigenvalue weighted by atomic mass is 16.7. The molecule has 0 amide bonds. The first-order chi connectivity index (χ1) is 22.3. The van der Waals surface area contributed by atoms with Crippen molar-refractivity contribution < 1.29 is 19.8 Å². The zero-order chi connectivity index (χ0) is 32.3. The number of aliphatic hydroxyl groups excluding tert-OH is 1. The fourth-order valence-corrected chi connectivity index (χ4v) is 6.62. The van der Waals surface area contributed by atoms with Crippen LogP contribution < -0.4 is 11.0 Å². The molecule has 244 valence electrons. The lowest BCUT2D eigenvalue weighted by molar-refractivity contribution is -0.102. The molecule has 3 heterocycles. The van der Waals surface area contributed by atoms with Gasteiger partial charge in [0.05, 0.1) is 24.0 Å². The lowest BCUT2D eigenvalue weighted by Gasteiger charge is -2.33. The fraction of sp³-hybridized carbons (Fsp3) is 0.486. The molecule has 1 saturated carbocycles. The van der Waals surface area contributed by atoms with Crippen LogP contribution >= 0.6 is 0 Å². The van der Waals surface area contributed by atoms with E-state index in [2.05, 4.69) is 39.6 Å². The van der Waals surface area contributed by atoms with Crippen LogP contribution in [0.1, 0.15) is 94.1 Å². The number of hydrogen-bond donors (Lipinski definition) is 3. The van der Waals surface area contributed by atoms with Crippen molar-refractivity contribution in [3.05, 3.63) is 87.6 Å².